The van der Waals surface area contributed by atoms with Gasteiger partial charge in [-0.2, -0.15) is 0 Å². The molecule has 3 aromatic rings. The molecule has 3 rings (SSSR count). The molecule has 2 aromatic carbocycles. The summed E-state index contributed by atoms with van der Waals surface area (Å²) in [5.74, 6) is 0. The first kappa shape index (κ1) is 20.3. The van der Waals surface area contributed by atoms with E-state index < -0.39 is 0 Å². The number of nitrogens with zero attached hydrogens (tertiary/aromatic N) is 1. The van der Waals surface area contributed by atoms with Gasteiger partial charge in [0.15, 0.2) is 6.20 Å². The molecule has 0 spiro atoms. The summed E-state index contributed by atoms with van der Waals surface area (Å²) < 4.78 is 2.22. The maximum absolute atomic E-state index is 2.36. The minimum Gasteiger partial charge on any atom is -0.201 e. The molecule has 146 valence electrons. The van der Waals surface area contributed by atoms with Gasteiger partial charge in [0.2, 0.25) is 5.69 Å². The Morgan fingerprint density at radius 2 is 1.21 bits per heavy atom. The van der Waals surface area contributed by atoms with Gasteiger partial charge < -0.3 is 0 Å². The van der Waals surface area contributed by atoms with Gasteiger partial charge in [-0.3, -0.25) is 0 Å². The summed E-state index contributed by atoms with van der Waals surface area (Å²) in [7, 11) is 2.13. The first-order valence-corrected chi connectivity index (χ1v) is 10.2. The van der Waals surface area contributed by atoms with E-state index in [9.17, 15) is 0 Å². The summed E-state index contributed by atoms with van der Waals surface area (Å²) >= 11 is 0. The minimum atomic E-state index is 0.140. The molecule has 0 unspecified atom stereocenters. The van der Waals surface area contributed by atoms with Gasteiger partial charge in [-0.1, -0.05) is 77.9 Å². The fourth-order valence-electron chi connectivity index (χ4n) is 3.54. The van der Waals surface area contributed by atoms with Gasteiger partial charge >= 0.3 is 0 Å². The van der Waals surface area contributed by atoms with Crippen LogP contribution < -0.4 is 4.57 Å². The molecule has 1 heterocycles. The van der Waals surface area contributed by atoms with Crippen LogP contribution in [0.1, 0.15) is 58.2 Å². The summed E-state index contributed by atoms with van der Waals surface area (Å²) in [5.41, 5.74) is 9.44. The first-order chi connectivity index (χ1) is 13.0. The molecule has 1 heteroatoms. The summed E-state index contributed by atoms with van der Waals surface area (Å²) in [4.78, 5) is 0. The normalized spacial score (nSPS) is 12.3. The molecule has 0 atom stereocenters. The zero-order chi connectivity index (χ0) is 20.7. The van der Waals surface area contributed by atoms with Gasteiger partial charge in [0, 0.05) is 17.7 Å². The van der Waals surface area contributed by atoms with E-state index in [2.05, 4.69) is 121 Å². The molecule has 1 aromatic heterocycles. The molecule has 0 saturated heterocycles. The Hall–Kier alpha value is -2.41. The fourth-order valence-corrected chi connectivity index (χ4v) is 3.54. The van der Waals surface area contributed by atoms with Crippen molar-refractivity contribution < 1.29 is 4.57 Å². The Bertz CT molecular complexity index is 980. The molecule has 0 amide bonds. The van der Waals surface area contributed by atoms with E-state index in [4.69, 9.17) is 0 Å². The number of aryl methyl sites for hydroxylation is 2. The molecule has 0 aliphatic heterocycles. The van der Waals surface area contributed by atoms with Gasteiger partial charge in [-0.15, -0.1) is 0 Å². The number of hydrogen-bond donors (Lipinski definition) is 0. The first-order valence-electron chi connectivity index (χ1n) is 10.2. The van der Waals surface area contributed by atoms with Crippen LogP contribution in [0.25, 0.3) is 22.4 Å². The maximum Gasteiger partial charge on any atom is 0.213 e. The van der Waals surface area contributed by atoms with Gasteiger partial charge in [0.05, 0.1) is 0 Å². The van der Waals surface area contributed by atoms with Crippen LogP contribution >= 0.6 is 0 Å². The van der Waals surface area contributed by atoms with E-state index in [0.29, 0.717) is 0 Å². The van der Waals surface area contributed by atoms with E-state index in [1.807, 2.05) is 0 Å². The van der Waals surface area contributed by atoms with Crippen LogP contribution in [0.2, 0.25) is 0 Å². The topological polar surface area (TPSA) is 3.88 Å². The average Bonchev–Trinajstić information content (AvgIpc) is 2.61. The quantitative estimate of drug-likeness (QED) is 0.438. The van der Waals surface area contributed by atoms with Crippen molar-refractivity contribution in [2.24, 2.45) is 7.05 Å². The van der Waals surface area contributed by atoms with E-state index in [1.165, 1.54) is 39.1 Å². The van der Waals surface area contributed by atoms with Crippen LogP contribution in [0.3, 0.4) is 0 Å². The molecule has 0 aliphatic carbocycles. The van der Waals surface area contributed by atoms with E-state index >= 15 is 0 Å². The predicted molar refractivity (Wildman–Crippen MR) is 121 cm³/mol. The second-order valence-corrected chi connectivity index (χ2v) is 10.0. The van der Waals surface area contributed by atoms with Crippen LogP contribution in [-0.2, 0) is 17.9 Å². The van der Waals surface area contributed by atoms with Gasteiger partial charge in [0.25, 0.3) is 0 Å². The third-order valence-electron chi connectivity index (χ3n) is 5.61. The summed E-state index contributed by atoms with van der Waals surface area (Å²) in [6, 6.07) is 20.4. The Balaban J connectivity index is 2.08. The second-order valence-electron chi connectivity index (χ2n) is 10.0. The van der Waals surface area contributed by atoms with Crippen molar-refractivity contribution >= 4 is 0 Å². The molecule has 0 saturated carbocycles. The van der Waals surface area contributed by atoms with Crippen molar-refractivity contribution in [2.45, 2.75) is 59.3 Å². The van der Waals surface area contributed by atoms with Crippen molar-refractivity contribution in [1.82, 2.24) is 0 Å². The number of benzene rings is 2. The maximum atomic E-state index is 2.36. The molecule has 28 heavy (non-hydrogen) atoms. The third-order valence-corrected chi connectivity index (χ3v) is 5.61. The highest BCUT2D eigenvalue weighted by Crippen LogP contribution is 2.31. The lowest BCUT2D eigenvalue weighted by atomic mass is 9.84. The zero-order valence-electron chi connectivity index (χ0n) is 18.7. The monoisotopic (exact) mass is 372 g/mol. The largest absolute Gasteiger partial charge is 0.213 e. The highest BCUT2D eigenvalue weighted by atomic mass is 14.9. The van der Waals surface area contributed by atoms with Crippen LogP contribution in [-0.4, -0.2) is 0 Å². The Morgan fingerprint density at radius 3 is 1.79 bits per heavy atom. The number of rotatable bonds is 2. The smallest absolute Gasteiger partial charge is 0.201 e. The molecule has 0 aliphatic rings. The van der Waals surface area contributed by atoms with Crippen LogP contribution in [0.5, 0.6) is 0 Å². The standard InChI is InChI=1S/C27H34N/c1-19-9-12-23(27(5,6)7)18-24(19)25-17-21(15-16-28(25)8)20-10-13-22(14-11-20)26(2,3)4/h9-18H,1-8H3/q+1. The van der Waals surface area contributed by atoms with Crippen molar-refractivity contribution in [3.05, 3.63) is 77.5 Å². The predicted octanol–water partition coefficient (Wildman–Crippen LogP) is 6.75. The van der Waals surface area contributed by atoms with Crippen LogP contribution in [0.15, 0.2) is 60.8 Å². The Morgan fingerprint density at radius 1 is 0.643 bits per heavy atom. The fraction of sp³-hybridized carbons (Fsp3) is 0.370. The summed E-state index contributed by atoms with van der Waals surface area (Å²) in [6.45, 7) is 15.8. The van der Waals surface area contributed by atoms with E-state index in [1.54, 1.807) is 0 Å². The van der Waals surface area contributed by atoms with Crippen molar-refractivity contribution in [1.29, 1.82) is 0 Å². The van der Waals surface area contributed by atoms with Crippen molar-refractivity contribution in [3.8, 4) is 22.4 Å². The van der Waals surface area contributed by atoms with Gasteiger partial charge in [-0.05, 0) is 51.6 Å². The zero-order valence-corrected chi connectivity index (χ0v) is 18.7. The van der Waals surface area contributed by atoms with Crippen molar-refractivity contribution in [2.75, 3.05) is 0 Å². The summed E-state index contributed by atoms with van der Waals surface area (Å²) in [5, 5.41) is 0. The molecule has 1 nitrogen and oxygen atoms in total. The number of pyridine rings is 1. The highest BCUT2D eigenvalue weighted by Gasteiger charge is 2.20. The number of hydrogen-bond acceptors (Lipinski definition) is 0. The molecule has 0 radical (unpaired) electrons. The molecule has 0 bridgehead atoms. The average molecular weight is 373 g/mol. The third kappa shape index (κ3) is 4.19. The van der Waals surface area contributed by atoms with E-state index in [-0.39, 0.29) is 10.8 Å². The Kier molecular flexibility index (Phi) is 5.23. The van der Waals surface area contributed by atoms with Crippen LogP contribution in [0.4, 0.5) is 0 Å². The molecular weight excluding hydrogens is 338 g/mol. The van der Waals surface area contributed by atoms with Gasteiger partial charge in [0.1, 0.15) is 7.05 Å². The lowest BCUT2D eigenvalue weighted by Gasteiger charge is -2.20. The Labute approximate surface area is 171 Å². The highest BCUT2D eigenvalue weighted by molar-refractivity contribution is 5.71. The lowest BCUT2D eigenvalue weighted by molar-refractivity contribution is -0.660. The van der Waals surface area contributed by atoms with E-state index in [0.717, 1.165) is 0 Å². The number of aromatic nitrogens is 1. The van der Waals surface area contributed by atoms with Crippen LogP contribution in [0, 0.1) is 6.92 Å². The van der Waals surface area contributed by atoms with Gasteiger partial charge in [-0.25, -0.2) is 4.57 Å². The molecule has 0 N–H and O–H groups in total. The SMILES string of the molecule is Cc1ccc(C(C)(C)C)cc1-c1cc(-c2ccc(C(C)(C)C)cc2)cc[n+]1C. The lowest BCUT2D eigenvalue weighted by Crippen LogP contribution is -2.30. The molecule has 0 fully saturated rings. The summed E-state index contributed by atoms with van der Waals surface area (Å²) in [6.07, 6.45) is 2.17. The second kappa shape index (κ2) is 7.20. The minimum absolute atomic E-state index is 0.140. The molecular formula is C27H34N+. The van der Waals surface area contributed by atoms with Crippen molar-refractivity contribution in [3.63, 3.8) is 0 Å².